The Balaban J connectivity index is 1.03. The molecule has 0 spiro atoms. The van der Waals surface area contributed by atoms with E-state index in [1.54, 1.807) is 0 Å². The van der Waals surface area contributed by atoms with Gasteiger partial charge in [0.15, 0.2) is 10.3 Å². The molecule has 204 valence electrons. The molecule has 2 aromatic heterocycles. The minimum Gasteiger partial charge on any atom is -0.332 e. The summed E-state index contributed by atoms with van der Waals surface area (Å²) >= 11 is 3.62. The van der Waals surface area contributed by atoms with E-state index in [-0.39, 0.29) is 0 Å². The minimum atomic E-state index is 0.981. The second-order valence-corrected chi connectivity index (χ2v) is 11.9. The molecule has 2 heterocycles. The van der Waals surface area contributed by atoms with Crippen LogP contribution in [0.5, 0.6) is 0 Å². The molecule has 0 saturated heterocycles. The number of rotatable bonds is 12. The van der Waals surface area contributed by atoms with Gasteiger partial charge in [-0.2, -0.15) is 0 Å². The SMILES string of the molecule is c1ccc(-c2nc(SCCCCCSc3nc(-c4ccccc4)c(-c4ccccc4)[nH]3)[nH]c2-c2ccccc2)cc1. The molecule has 41 heavy (non-hydrogen) atoms. The number of nitrogens with one attached hydrogen (secondary N) is 2. The first-order valence-corrected chi connectivity index (χ1v) is 16.0. The van der Waals surface area contributed by atoms with Crippen molar-refractivity contribution in [2.24, 2.45) is 0 Å². The standard InChI is InChI=1S/C35H32N4S2/c1-6-16-26(17-7-1)30-31(27-18-8-2-9-19-27)37-34(36-30)40-24-14-5-15-25-41-35-38-32(28-20-10-3-11-21-28)33(39-35)29-22-12-4-13-23-29/h1-4,6-13,16-23H,5,14-15,24-25H2,(H,36,37)(H,38,39). The molecule has 0 aliphatic rings. The highest BCUT2D eigenvalue weighted by atomic mass is 32.2. The van der Waals surface area contributed by atoms with Crippen LogP contribution in [0.3, 0.4) is 0 Å². The van der Waals surface area contributed by atoms with Gasteiger partial charge in [-0.15, -0.1) is 0 Å². The monoisotopic (exact) mass is 572 g/mol. The second-order valence-electron chi connectivity index (χ2n) is 9.75. The number of aromatic nitrogens is 4. The molecule has 0 saturated carbocycles. The van der Waals surface area contributed by atoms with Crippen molar-refractivity contribution < 1.29 is 0 Å². The van der Waals surface area contributed by atoms with Gasteiger partial charge in [-0.05, 0) is 12.8 Å². The molecule has 0 amide bonds. The summed E-state index contributed by atoms with van der Waals surface area (Å²) in [5.41, 5.74) is 8.78. The number of thioether (sulfide) groups is 2. The van der Waals surface area contributed by atoms with Crippen LogP contribution in [-0.2, 0) is 0 Å². The van der Waals surface area contributed by atoms with E-state index in [1.165, 1.54) is 6.42 Å². The Morgan fingerprint density at radius 2 is 0.756 bits per heavy atom. The van der Waals surface area contributed by atoms with Gasteiger partial charge in [0.2, 0.25) is 0 Å². The van der Waals surface area contributed by atoms with Crippen molar-refractivity contribution in [2.75, 3.05) is 11.5 Å². The molecule has 6 aromatic rings. The predicted octanol–water partition coefficient (Wildman–Crippen LogP) is 9.86. The molecule has 0 aliphatic heterocycles. The molecule has 4 aromatic carbocycles. The van der Waals surface area contributed by atoms with Gasteiger partial charge in [0.05, 0.1) is 22.8 Å². The molecule has 6 heteroatoms. The smallest absolute Gasteiger partial charge is 0.166 e. The van der Waals surface area contributed by atoms with Crippen LogP contribution in [0, 0.1) is 0 Å². The summed E-state index contributed by atoms with van der Waals surface area (Å²) in [6.07, 6.45) is 3.47. The van der Waals surface area contributed by atoms with E-state index in [1.807, 2.05) is 47.8 Å². The van der Waals surface area contributed by atoms with Gasteiger partial charge in [-0.25, -0.2) is 9.97 Å². The van der Waals surface area contributed by atoms with E-state index in [2.05, 4.69) is 107 Å². The number of imidazole rings is 2. The van der Waals surface area contributed by atoms with Gasteiger partial charge in [0.25, 0.3) is 0 Å². The van der Waals surface area contributed by atoms with Gasteiger partial charge in [0, 0.05) is 33.8 Å². The maximum atomic E-state index is 4.98. The lowest BCUT2D eigenvalue weighted by Crippen LogP contribution is -1.86. The van der Waals surface area contributed by atoms with E-state index >= 15 is 0 Å². The third-order valence-electron chi connectivity index (χ3n) is 6.85. The highest BCUT2D eigenvalue weighted by Crippen LogP contribution is 2.34. The zero-order valence-electron chi connectivity index (χ0n) is 22.8. The largest absolute Gasteiger partial charge is 0.332 e. The van der Waals surface area contributed by atoms with Crippen molar-refractivity contribution in [1.82, 2.24) is 19.9 Å². The lowest BCUT2D eigenvalue weighted by molar-refractivity contribution is 0.783. The number of benzene rings is 4. The van der Waals surface area contributed by atoms with Gasteiger partial charge < -0.3 is 9.97 Å². The minimum absolute atomic E-state index is 0.981. The number of hydrogen-bond acceptors (Lipinski definition) is 4. The summed E-state index contributed by atoms with van der Waals surface area (Å²) in [5.74, 6) is 2.08. The summed E-state index contributed by atoms with van der Waals surface area (Å²) in [6, 6.07) is 41.8. The van der Waals surface area contributed by atoms with Crippen LogP contribution in [0.25, 0.3) is 45.0 Å². The molecule has 6 rings (SSSR count). The fourth-order valence-corrected chi connectivity index (χ4v) is 6.54. The Bertz CT molecular complexity index is 1410. The quantitative estimate of drug-likeness (QED) is 0.113. The van der Waals surface area contributed by atoms with Gasteiger partial charge in [-0.1, -0.05) is 151 Å². The van der Waals surface area contributed by atoms with Gasteiger partial charge in [0.1, 0.15) is 0 Å². The summed E-state index contributed by atoms with van der Waals surface area (Å²) in [5, 5.41) is 1.96. The Hall–Kier alpha value is -4.00. The molecule has 0 atom stereocenters. The van der Waals surface area contributed by atoms with Crippen molar-refractivity contribution in [3.8, 4) is 45.0 Å². The molecular weight excluding hydrogens is 541 g/mol. The zero-order chi connectivity index (χ0) is 27.7. The van der Waals surface area contributed by atoms with Crippen molar-refractivity contribution >= 4 is 23.5 Å². The Labute approximate surface area is 250 Å². The van der Waals surface area contributed by atoms with Gasteiger partial charge in [-0.3, -0.25) is 0 Å². The van der Waals surface area contributed by atoms with Crippen LogP contribution < -0.4 is 0 Å². The van der Waals surface area contributed by atoms with Crippen LogP contribution in [0.4, 0.5) is 0 Å². The van der Waals surface area contributed by atoms with Crippen molar-refractivity contribution in [3.05, 3.63) is 121 Å². The summed E-state index contributed by atoms with van der Waals surface area (Å²) in [6.45, 7) is 0. The Kier molecular flexibility index (Phi) is 9.00. The summed E-state index contributed by atoms with van der Waals surface area (Å²) in [7, 11) is 0. The van der Waals surface area contributed by atoms with E-state index in [0.29, 0.717) is 0 Å². The number of hydrogen-bond donors (Lipinski definition) is 2. The van der Waals surface area contributed by atoms with E-state index in [9.17, 15) is 0 Å². The number of H-pyrrole nitrogens is 2. The van der Waals surface area contributed by atoms with Crippen molar-refractivity contribution in [2.45, 2.75) is 29.6 Å². The first kappa shape index (κ1) is 27.2. The second kappa shape index (κ2) is 13.6. The Morgan fingerprint density at radius 3 is 1.12 bits per heavy atom. The van der Waals surface area contributed by atoms with E-state index in [0.717, 1.165) is 79.7 Å². The number of unbranched alkanes of at least 4 members (excludes halogenated alkanes) is 2. The predicted molar refractivity (Wildman–Crippen MR) is 174 cm³/mol. The molecule has 0 radical (unpaired) electrons. The van der Waals surface area contributed by atoms with Crippen LogP contribution in [0.15, 0.2) is 132 Å². The molecule has 0 fully saturated rings. The topological polar surface area (TPSA) is 57.4 Å². The summed E-state index contributed by atoms with van der Waals surface area (Å²) in [4.78, 5) is 17.1. The fraction of sp³-hybridized carbons (Fsp3) is 0.143. The fourth-order valence-electron chi connectivity index (χ4n) is 4.80. The third-order valence-corrected chi connectivity index (χ3v) is 8.77. The zero-order valence-corrected chi connectivity index (χ0v) is 24.4. The maximum Gasteiger partial charge on any atom is 0.166 e. The average Bonchev–Trinajstić information content (AvgIpc) is 3.67. The lowest BCUT2D eigenvalue weighted by Gasteiger charge is -2.02. The third kappa shape index (κ3) is 6.84. The number of aromatic amines is 2. The van der Waals surface area contributed by atoms with E-state index < -0.39 is 0 Å². The van der Waals surface area contributed by atoms with Crippen LogP contribution in [-0.4, -0.2) is 31.4 Å². The highest BCUT2D eigenvalue weighted by molar-refractivity contribution is 7.99. The molecule has 0 unspecified atom stereocenters. The number of nitrogens with zero attached hydrogens (tertiary/aromatic N) is 2. The Morgan fingerprint density at radius 1 is 0.415 bits per heavy atom. The van der Waals surface area contributed by atoms with Crippen LogP contribution in [0.1, 0.15) is 19.3 Å². The first-order valence-electron chi connectivity index (χ1n) is 14.0. The lowest BCUT2D eigenvalue weighted by atomic mass is 10.1. The van der Waals surface area contributed by atoms with Crippen molar-refractivity contribution in [1.29, 1.82) is 0 Å². The molecule has 2 N–H and O–H groups in total. The molecule has 0 bridgehead atoms. The van der Waals surface area contributed by atoms with Gasteiger partial charge >= 0.3 is 0 Å². The maximum absolute atomic E-state index is 4.98. The van der Waals surface area contributed by atoms with E-state index in [4.69, 9.17) is 9.97 Å². The highest BCUT2D eigenvalue weighted by Gasteiger charge is 2.15. The molecular formula is C35H32N4S2. The normalized spacial score (nSPS) is 11.1. The summed E-state index contributed by atoms with van der Waals surface area (Å²) < 4.78 is 0. The average molecular weight is 573 g/mol. The van der Waals surface area contributed by atoms with Crippen LogP contribution in [0.2, 0.25) is 0 Å². The first-order chi connectivity index (χ1) is 20.3. The van der Waals surface area contributed by atoms with Crippen molar-refractivity contribution in [3.63, 3.8) is 0 Å². The molecule has 0 aliphatic carbocycles. The molecule has 4 nitrogen and oxygen atoms in total. The van der Waals surface area contributed by atoms with Crippen LogP contribution >= 0.6 is 23.5 Å².